The summed E-state index contributed by atoms with van der Waals surface area (Å²) in [5.74, 6) is 4.69. The highest BCUT2D eigenvalue weighted by Crippen LogP contribution is 2.19. The van der Waals surface area contributed by atoms with Gasteiger partial charge in [-0.2, -0.15) is 5.26 Å². The Kier molecular flexibility index (Phi) is 6.30. The predicted molar refractivity (Wildman–Crippen MR) is 78.7 cm³/mol. The molecule has 0 aliphatic heterocycles. The number of hydrogen-bond donors (Lipinski definition) is 3. The van der Waals surface area contributed by atoms with Gasteiger partial charge >= 0.3 is 0 Å². The molecule has 0 amide bonds. The lowest BCUT2D eigenvalue weighted by atomic mass is 10.2. The Morgan fingerprint density at radius 3 is 2.60 bits per heavy atom. The van der Waals surface area contributed by atoms with E-state index in [9.17, 15) is 4.39 Å². The third-order valence-corrected chi connectivity index (χ3v) is 2.69. The Morgan fingerprint density at radius 1 is 1.35 bits per heavy atom. The molecule has 1 aliphatic rings. The minimum absolute atomic E-state index is 0.0756. The van der Waals surface area contributed by atoms with E-state index in [0.717, 1.165) is 0 Å². The van der Waals surface area contributed by atoms with E-state index in [2.05, 4.69) is 5.43 Å². The normalized spacial score (nSPS) is 13.6. The number of allylic oxidation sites excluding steroid dienone is 5. The van der Waals surface area contributed by atoms with E-state index in [1.807, 2.05) is 6.07 Å². The smallest absolute Gasteiger partial charge is 0.141 e. The summed E-state index contributed by atoms with van der Waals surface area (Å²) in [6, 6.07) is 8.96. The molecule has 0 saturated carbocycles. The number of hydrazine groups is 1. The predicted octanol–water partition coefficient (Wildman–Crippen LogP) is 2.85. The molecule has 0 spiro atoms. The molecule has 1 aliphatic carbocycles. The third-order valence-electron chi connectivity index (χ3n) is 2.40. The van der Waals surface area contributed by atoms with Crippen LogP contribution in [0.5, 0.6) is 0 Å². The van der Waals surface area contributed by atoms with Crippen LogP contribution in [0.3, 0.4) is 0 Å². The Labute approximate surface area is 121 Å². The van der Waals surface area contributed by atoms with E-state index >= 15 is 0 Å². The van der Waals surface area contributed by atoms with Crippen LogP contribution in [0, 0.1) is 11.3 Å². The van der Waals surface area contributed by atoms with Gasteiger partial charge in [-0.25, -0.2) is 4.39 Å². The minimum Gasteiger partial charge on any atom is -0.398 e. The van der Waals surface area contributed by atoms with Crippen molar-refractivity contribution < 1.29 is 4.39 Å². The lowest BCUT2D eigenvalue weighted by molar-refractivity contribution is 0.664. The quantitative estimate of drug-likeness (QED) is 0.422. The summed E-state index contributed by atoms with van der Waals surface area (Å²) < 4.78 is 12.7. The van der Waals surface area contributed by atoms with Gasteiger partial charge in [-0.1, -0.05) is 29.8 Å². The maximum atomic E-state index is 12.7. The Bertz CT molecular complexity index is 599. The number of nitriles is 1. The Morgan fingerprint density at radius 2 is 2.05 bits per heavy atom. The summed E-state index contributed by atoms with van der Waals surface area (Å²) in [7, 11) is 0. The van der Waals surface area contributed by atoms with Crippen molar-refractivity contribution in [3.8, 4) is 6.07 Å². The first kappa shape index (κ1) is 15.8. The molecular weight excluding hydrogens is 279 g/mol. The van der Waals surface area contributed by atoms with Crippen LogP contribution < -0.4 is 17.0 Å². The van der Waals surface area contributed by atoms with Gasteiger partial charge in [0.1, 0.15) is 11.9 Å². The highest BCUT2D eigenvalue weighted by atomic mass is 35.5. The van der Waals surface area contributed by atoms with Crippen molar-refractivity contribution in [2.75, 3.05) is 5.73 Å². The van der Waals surface area contributed by atoms with Gasteiger partial charge < -0.3 is 11.2 Å². The number of halogens is 2. The fraction of sp³-hybridized carbons (Fsp3) is 0.0714. The van der Waals surface area contributed by atoms with Crippen LogP contribution in [-0.2, 0) is 0 Å². The van der Waals surface area contributed by atoms with Crippen molar-refractivity contribution in [2.45, 2.75) is 6.42 Å². The number of anilines is 1. The molecule has 1 aromatic rings. The second kappa shape index (κ2) is 8.00. The lowest BCUT2D eigenvalue weighted by Crippen LogP contribution is -2.20. The zero-order valence-electron chi connectivity index (χ0n) is 10.6. The number of nitrogen functional groups attached to an aromatic ring is 1. The van der Waals surface area contributed by atoms with Crippen molar-refractivity contribution in [3.05, 3.63) is 64.6 Å². The van der Waals surface area contributed by atoms with Crippen LogP contribution >= 0.6 is 11.6 Å². The number of hydrogen-bond acceptors (Lipinski definition) is 4. The molecule has 1 aromatic carbocycles. The van der Waals surface area contributed by atoms with E-state index in [-0.39, 0.29) is 5.03 Å². The van der Waals surface area contributed by atoms with Crippen LogP contribution in [0.4, 0.5) is 10.1 Å². The zero-order chi connectivity index (χ0) is 15.0. The number of rotatable bonds is 1. The molecule has 0 saturated heterocycles. The van der Waals surface area contributed by atoms with Gasteiger partial charge in [0, 0.05) is 17.8 Å². The largest absolute Gasteiger partial charge is 0.398 e. The van der Waals surface area contributed by atoms with Gasteiger partial charge in [0.05, 0.1) is 10.6 Å². The first-order valence-corrected chi connectivity index (χ1v) is 6.10. The fourth-order valence-corrected chi connectivity index (χ4v) is 1.54. The molecule has 2 rings (SSSR count). The SMILES string of the molecule is N#Cc1ccccc1N.NNC1=CC(Cl)=C(F)C=CC1. The standard InChI is InChI=1S/C7H8ClFN2.C7H6N2/c8-6-4-5(11-10)2-1-3-7(6)9;8-5-6-3-1-2-4-7(6)9/h1,3-4,11H,2,10H2;1-4H,9H2. The van der Waals surface area contributed by atoms with E-state index in [1.165, 1.54) is 12.2 Å². The van der Waals surface area contributed by atoms with Crippen molar-refractivity contribution >= 4 is 17.3 Å². The molecule has 0 heterocycles. The highest BCUT2D eigenvalue weighted by molar-refractivity contribution is 6.31. The van der Waals surface area contributed by atoms with Gasteiger partial charge in [0.25, 0.3) is 0 Å². The zero-order valence-corrected chi connectivity index (χ0v) is 11.4. The molecule has 0 atom stereocenters. The van der Waals surface area contributed by atoms with Crippen LogP contribution in [0.15, 0.2) is 59.0 Å². The number of nitrogens with zero attached hydrogens (tertiary/aromatic N) is 1. The maximum Gasteiger partial charge on any atom is 0.141 e. The van der Waals surface area contributed by atoms with E-state index < -0.39 is 5.83 Å². The van der Waals surface area contributed by atoms with Crippen LogP contribution in [0.1, 0.15) is 12.0 Å². The van der Waals surface area contributed by atoms with Crippen molar-refractivity contribution in [3.63, 3.8) is 0 Å². The average molecular weight is 293 g/mol. The molecule has 0 bridgehead atoms. The van der Waals surface area contributed by atoms with Crippen molar-refractivity contribution in [2.24, 2.45) is 5.84 Å². The fourth-order valence-electron chi connectivity index (χ4n) is 1.35. The monoisotopic (exact) mass is 292 g/mol. The molecule has 4 nitrogen and oxygen atoms in total. The Hall–Kier alpha value is -2.29. The van der Waals surface area contributed by atoms with Gasteiger partial charge in [-0.3, -0.25) is 5.84 Å². The molecule has 0 radical (unpaired) electrons. The van der Waals surface area contributed by atoms with Gasteiger partial charge in [0.15, 0.2) is 0 Å². The molecule has 20 heavy (non-hydrogen) atoms. The highest BCUT2D eigenvalue weighted by Gasteiger charge is 2.03. The second-order valence-electron chi connectivity index (χ2n) is 3.82. The summed E-state index contributed by atoms with van der Waals surface area (Å²) in [5, 5.41) is 8.46. The topological polar surface area (TPSA) is 87.9 Å². The molecule has 5 N–H and O–H groups in total. The second-order valence-corrected chi connectivity index (χ2v) is 4.22. The first-order chi connectivity index (χ1) is 9.58. The maximum absolute atomic E-state index is 12.7. The van der Waals surface area contributed by atoms with Gasteiger partial charge in [-0.15, -0.1) is 0 Å². The average Bonchev–Trinajstić information content (AvgIpc) is 2.62. The van der Waals surface area contributed by atoms with E-state index in [1.54, 1.807) is 30.3 Å². The molecule has 104 valence electrons. The van der Waals surface area contributed by atoms with Gasteiger partial charge in [0.2, 0.25) is 0 Å². The summed E-state index contributed by atoms with van der Waals surface area (Å²) in [6.07, 6.45) is 5.01. The summed E-state index contributed by atoms with van der Waals surface area (Å²) >= 11 is 5.53. The van der Waals surface area contributed by atoms with Crippen molar-refractivity contribution in [1.29, 1.82) is 5.26 Å². The Balaban J connectivity index is 0.000000204. The lowest BCUT2D eigenvalue weighted by Gasteiger charge is -1.99. The van der Waals surface area contributed by atoms with Crippen molar-refractivity contribution in [1.82, 2.24) is 5.43 Å². The number of para-hydroxylation sites is 1. The van der Waals surface area contributed by atoms with E-state index in [0.29, 0.717) is 23.4 Å². The summed E-state index contributed by atoms with van der Waals surface area (Å²) in [5.41, 5.74) is 9.60. The number of nitrogens with one attached hydrogen (secondary N) is 1. The molecule has 0 unspecified atom stereocenters. The molecule has 0 fully saturated rings. The number of nitrogens with two attached hydrogens (primary N) is 2. The molecule has 0 aromatic heterocycles. The van der Waals surface area contributed by atoms with Crippen LogP contribution in [0.2, 0.25) is 0 Å². The summed E-state index contributed by atoms with van der Waals surface area (Å²) in [6.45, 7) is 0. The number of benzene rings is 1. The minimum atomic E-state index is -0.433. The van der Waals surface area contributed by atoms with Crippen LogP contribution in [0.25, 0.3) is 0 Å². The van der Waals surface area contributed by atoms with Crippen LogP contribution in [-0.4, -0.2) is 0 Å². The third kappa shape index (κ3) is 4.76. The summed E-state index contributed by atoms with van der Waals surface area (Å²) in [4.78, 5) is 0. The molecular formula is C14H14ClFN4. The van der Waals surface area contributed by atoms with E-state index in [4.69, 9.17) is 28.4 Å². The van der Waals surface area contributed by atoms with Gasteiger partial charge in [-0.05, 0) is 24.3 Å². The first-order valence-electron chi connectivity index (χ1n) is 5.72. The molecule has 6 heteroatoms.